The van der Waals surface area contributed by atoms with E-state index in [9.17, 15) is 18.0 Å². The van der Waals surface area contributed by atoms with Gasteiger partial charge in [0.1, 0.15) is 0 Å². The predicted octanol–water partition coefficient (Wildman–Crippen LogP) is 3.36. The van der Waals surface area contributed by atoms with Gasteiger partial charge in [-0.3, -0.25) is 9.48 Å². The van der Waals surface area contributed by atoms with Gasteiger partial charge in [-0.05, 0) is 18.2 Å². The highest BCUT2D eigenvalue weighted by Crippen LogP contribution is 2.31. The lowest BCUT2D eigenvalue weighted by Crippen LogP contribution is -2.22. The van der Waals surface area contributed by atoms with Crippen molar-refractivity contribution in [1.29, 1.82) is 0 Å². The van der Waals surface area contributed by atoms with Crippen molar-refractivity contribution in [2.75, 3.05) is 14.1 Å². The third-order valence-electron chi connectivity index (χ3n) is 3.85. The Morgan fingerprint density at radius 2 is 1.80 bits per heavy atom. The summed E-state index contributed by atoms with van der Waals surface area (Å²) in [6.45, 7) is 0. The number of hydrogen-bond acceptors (Lipinski definition) is 3. The van der Waals surface area contributed by atoms with Gasteiger partial charge in [0.25, 0.3) is 5.91 Å². The third-order valence-corrected chi connectivity index (χ3v) is 3.85. The molecule has 0 unspecified atom stereocenters. The van der Waals surface area contributed by atoms with E-state index in [1.54, 1.807) is 33.4 Å². The minimum Gasteiger partial charge on any atom is -0.345 e. The van der Waals surface area contributed by atoms with Crippen LogP contribution in [0.3, 0.4) is 0 Å². The summed E-state index contributed by atoms with van der Waals surface area (Å²) < 4.78 is 39.7. The van der Waals surface area contributed by atoms with Crippen molar-refractivity contribution in [3.05, 3.63) is 47.7 Å². The van der Waals surface area contributed by atoms with E-state index in [0.29, 0.717) is 27.9 Å². The fourth-order valence-corrected chi connectivity index (χ4v) is 2.51. The summed E-state index contributed by atoms with van der Waals surface area (Å²) in [5, 5.41) is 4.71. The van der Waals surface area contributed by atoms with Crippen molar-refractivity contribution >= 4 is 16.9 Å². The Morgan fingerprint density at radius 1 is 1.16 bits per heavy atom. The first-order chi connectivity index (χ1) is 11.7. The minimum atomic E-state index is -4.40. The molecule has 1 aromatic carbocycles. The number of alkyl halides is 3. The molecule has 0 N–H and O–H groups in total. The van der Waals surface area contributed by atoms with E-state index in [1.807, 2.05) is 0 Å². The van der Waals surface area contributed by atoms with Crippen LogP contribution in [0.4, 0.5) is 13.2 Å². The van der Waals surface area contributed by atoms with Gasteiger partial charge < -0.3 is 4.90 Å². The van der Waals surface area contributed by atoms with Gasteiger partial charge in [0.05, 0.1) is 28.4 Å². The molecule has 25 heavy (non-hydrogen) atoms. The Labute approximate surface area is 141 Å². The van der Waals surface area contributed by atoms with E-state index in [0.717, 1.165) is 12.1 Å². The first kappa shape index (κ1) is 16.9. The number of aromatic nitrogens is 3. The standard InChI is InChI=1S/C17H15F3N4O/c1-23(2)16(25)12-8-14(22-15-13(12)9-21-24(15)3)10-4-6-11(7-5-10)17(18,19)20/h4-9H,1-3H3. The zero-order valence-electron chi connectivity index (χ0n) is 13.8. The van der Waals surface area contributed by atoms with Crippen molar-refractivity contribution < 1.29 is 18.0 Å². The second-order valence-electron chi connectivity index (χ2n) is 5.84. The zero-order valence-corrected chi connectivity index (χ0v) is 13.8. The van der Waals surface area contributed by atoms with Crippen molar-refractivity contribution in [3.8, 4) is 11.3 Å². The third kappa shape index (κ3) is 3.07. The summed E-state index contributed by atoms with van der Waals surface area (Å²) in [4.78, 5) is 18.3. The number of aryl methyl sites for hydroxylation is 1. The maximum atomic E-state index is 12.7. The summed E-state index contributed by atoms with van der Waals surface area (Å²) >= 11 is 0. The summed E-state index contributed by atoms with van der Waals surface area (Å²) in [6, 6.07) is 6.26. The smallest absolute Gasteiger partial charge is 0.345 e. The van der Waals surface area contributed by atoms with Crippen LogP contribution >= 0.6 is 0 Å². The van der Waals surface area contributed by atoms with Gasteiger partial charge in [0.15, 0.2) is 5.65 Å². The highest BCUT2D eigenvalue weighted by atomic mass is 19.4. The molecule has 0 saturated carbocycles. The number of halogens is 3. The second kappa shape index (κ2) is 5.87. The van der Waals surface area contributed by atoms with Gasteiger partial charge in [-0.1, -0.05) is 12.1 Å². The summed E-state index contributed by atoms with van der Waals surface area (Å²) in [6.07, 6.45) is -2.85. The molecule has 2 aromatic heterocycles. The number of nitrogens with zero attached hydrogens (tertiary/aromatic N) is 4. The molecule has 0 aliphatic carbocycles. The Balaban J connectivity index is 2.16. The molecule has 0 aliphatic rings. The van der Waals surface area contributed by atoms with E-state index in [4.69, 9.17) is 0 Å². The number of carbonyl (C=O) groups is 1. The number of amides is 1. The fraction of sp³-hybridized carbons (Fsp3) is 0.235. The molecular weight excluding hydrogens is 333 g/mol. The van der Waals surface area contributed by atoms with E-state index in [1.165, 1.54) is 21.7 Å². The molecule has 1 amide bonds. The van der Waals surface area contributed by atoms with Gasteiger partial charge in [0, 0.05) is 26.7 Å². The van der Waals surface area contributed by atoms with Crippen LogP contribution in [0.15, 0.2) is 36.5 Å². The number of benzene rings is 1. The number of rotatable bonds is 2. The molecule has 0 bridgehead atoms. The van der Waals surface area contributed by atoms with Crippen LogP contribution in [0.25, 0.3) is 22.3 Å². The number of pyridine rings is 1. The summed E-state index contributed by atoms with van der Waals surface area (Å²) in [7, 11) is 4.95. The van der Waals surface area contributed by atoms with Gasteiger partial charge in [0.2, 0.25) is 0 Å². The first-order valence-electron chi connectivity index (χ1n) is 7.40. The molecule has 0 saturated heterocycles. The summed E-state index contributed by atoms with van der Waals surface area (Å²) in [5.74, 6) is -0.228. The molecule has 8 heteroatoms. The van der Waals surface area contributed by atoms with E-state index >= 15 is 0 Å². The quantitative estimate of drug-likeness (QED) is 0.714. The van der Waals surface area contributed by atoms with Gasteiger partial charge in [-0.25, -0.2) is 4.98 Å². The number of hydrogen-bond donors (Lipinski definition) is 0. The lowest BCUT2D eigenvalue weighted by molar-refractivity contribution is -0.137. The molecule has 0 spiro atoms. The minimum absolute atomic E-state index is 0.228. The van der Waals surface area contributed by atoms with Gasteiger partial charge in [-0.15, -0.1) is 0 Å². The highest BCUT2D eigenvalue weighted by molar-refractivity contribution is 6.06. The van der Waals surface area contributed by atoms with Gasteiger partial charge in [-0.2, -0.15) is 18.3 Å². The molecular formula is C17H15F3N4O. The topological polar surface area (TPSA) is 51.0 Å². The van der Waals surface area contributed by atoms with E-state index in [-0.39, 0.29) is 5.91 Å². The van der Waals surface area contributed by atoms with E-state index in [2.05, 4.69) is 10.1 Å². The van der Waals surface area contributed by atoms with Crippen LogP contribution < -0.4 is 0 Å². The molecule has 0 fully saturated rings. The zero-order chi connectivity index (χ0) is 18.4. The van der Waals surface area contributed by atoms with E-state index < -0.39 is 11.7 Å². The first-order valence-corrected chi connectivity index (χ1v) is 7.40. The molecule has 0 radical (unpaired) electrons. The average molecular weight is 348 g/mol. The van der Waals surface area contributed by atoms with Crippen molar-refractivity contribution in [1.82, 2.24) is 19.7 Å². The average Bonchev–Trinajstić information content (AvgIpc) is 2.94. The lowest BCUT2D eigenvalue weighted by Gasteiger charge is -2.13. The Morgan fingerprint density at radius 3 is 2.36 bits per heavy atom. The van der Waals surface area contributed by atoms with Crippen LogP contribution in [0.2, 0.25) is 0 Å². The number of carbonyl (C=O) groups excluding carboxylic acids is 1. The Kier molecular flexibility index (Phi) is 3.98. The van der Waals surface area contributed by atoms with Crippen molar-refractivity contribution in [2.45, 2.75) is 6.18 Å². The maximum absolute atomic E-state index is 12.7. The monoisotopic (exact) mass is 348 g/mol. The van der Waals surface area contributed by atoms with Crippen LogP contribution in [0.1, 0.15) is 15.9 Å². The molecule has 3 rings (SSSR count). The largest absolute Gasteiger partial charge is 0.416 e. The predicted molar refractivity (Wildman–Crippen MR) is 87.0 cm³/mol. The molecule has 130 valence electrons. The Hall–Kier alpha value is -2.90. The highest BCUT2D eigenvalue weighted by Gasteiger charge is 2.30. The molecule has 0 atom stereocenters. The second-order valence-corrected chi connectivity index (χ2v) is 5.84. The molecule has 3 aromatic rings. The van der Waals surface area contributed by atoms with Crippen LogP contribution in [0.5, 0.6) is 0 Å². The van der Waals surface area contributed by atoms with Crippen LogP contribution in [0, 0.1) is 0 Å². The van der Waals surface area contributed by atoms with Crippen LogP contribution in [-0.4, -0.2) is 39.7 Å². The summed E-state index contributed by atoms with van der Waals surface area (Å²) in [5.41, 5.74) is 1.06. The molecule has 0 aliphatic heterocycles. The fourth-order valence-electron chi connectivity index (χ4n) is 2.51. The lowest BCUT2D eigenvalue weighted by atomic mass is 10.0. The van der Waals surface area contributed by atoms with Crippen molar-refractivity contribution in [2.24, 2.45) is 7.05 Å². The van der Waals surface area contributed by atoms with Crippen LogP contribution in [-0.2, 0) is 13.2 Å². The van der Waals surface area contributed by atoms with Gasteiger partial charge >= 0.3 is 6.18 Å². The maximum Gasteiger partial charge on any atom is 0.416 e. The van der Waals surface area contributed by atoms with Crippen molar-refractivity contribution in [3.63, 3.8) is 0 Å². The molecule has 5 nitrogen and oxygen atoms in total. The molecule has 2 heterocycles. The Bertz CT molecular complexity index is 943. The number of fused-ring (bicyclic) bond motifs is 1. The SMILES string of the molecule is CN(C)C(=O)c1cc(-c2ccc(C(F)(F)F)cc2)nc2c1cnn2C. The normalized spacial score (nSPS) is 11.8.